The van der Waals surface area contributed by atoms with E-state index in [1.54, 1.807) is 12.1 Å². The molecule has 1 aromatic carbocycles. The van der Waals surface area contributed by atoms with Gasteiger partial charge in [-0.1, -0.05) is 0 Å². The van der Waals surface area contributed by atoms with Crippen molar-refractivity contribution in [1.29, 1.82) is 5.26 Å². The average Bonchev–Trinajstić information content (AvgIpc) is 2.36. The number of likely N-dealkylation sites (tertiary alicyclic amines) is 1. The van der Waals surface area contributed by atoms with Crippen LogP contribution in [-0.2, 0) is 0 Å². The molecule has 3 heteroatoms. The highest BCUT2D eigenvalue weighted by Gasteiger charge is 2.43. The van der Waals surface area contributed by atoms with Crippen LogP contribution in [0.3, 0.4) is 0 Å². The van der Waals surface area contributed by atoms with E-state index in [0.29, 0.717) is 5.56 Å². The van der Waals surface area contributed by atoms with Gasteiger partial charge in [-0.3, -0.25) is 4.90 Å². The Bertz CT molecular complexity index is 493. The topological polar surface area (TPSA) is 36.3 Å². The number of rotatable bonds is 2. The molecular weight excluding hydrogens is 248 g/mol. The zero-order chi connectivity index (χ0) is 15.0. The maximum absolute atomic E-state index is 8.82. The largest absolute Gasteiger partial charge is 0.490 e. The second kappa shape index (κ2) is 5.10. The Labute approximate surface area is 122 Å². The van der Waals surface area contributed by atoms with Crippen LogP contribution in [0.2, 0.25) is 0 Å². The van der Waals surface area contributed by atoms with Gasteiger partial charge < -0.3 is 4.74 Å². The number of ether oxygens (including phenoxy) is 1. The van der Waals surface area contributed by atoms with Gasteiger partial charge in [0.05, 0.1) is 11.6 Å². The number of hydrogen-bond donors (Lipinski definition) is 0. The van der Waals surface area contributed by atoms with E-state index in [-0.39, 0.29) is 17.2 Å². The fourth-order valence-corrected chi connectivity index (χ4v) is 3.16. The molecule has 1 saturated heterocycles. The lowest BCUT2D eigenvalue weighted by Gasteiger charge is -2.53. The molecule has 0 unspecified atom stereocenters. The Morgan fingerprint density at radius 1 is 1.10 bits per heavy atom. The number of hydrogen-bond acceptors (Lipinski definition) is 3. The zero-order valence-corrected chi connectivity index (χ0v) is 13.1. The Kier molecular flexibility index (Phi) is 3.80. The molecule has 0 spiro atoms. The molecule has 108 valence electrons. The first-order valence-electron chi connectivity index (χ1n) is 7.15. The summed E-state index contributed by atoms with van der Waals surface area (Å²) in [6, 6.07) is 9.51. The molecule has 1 aromatic rings. The van der Waals surface area contributed by atoms with Crippen LogP contribution < -0.4 is 4.74 Å². The first-order chi connectivity index (χ1) is 9.24. The third-order valence-electron chi connectivity index (χ3n) is 4.56. The standard InChI is InChI=1S/C17H24N2O/c1-16(2)10-15(11-17(3,4)19(16)5)20-14-8-6-13(12-18)7-9-14/h6-9,15H,10-11H2,1-5H3. The number of nitrogens with zero attached hydrogens (tertiary/aromatic N) is 2. The maximum Gasteiger partial charge on any atom is 0.119 e. The number of benzene rings is 1. The molecule has 0 bridgehead atoms. The molecule has 0 N–H and O–H groups in total. The normalized spacial score (nSPS) is 22.2. The van der Waals surface area contributed by atoms with E-state index in [9.17, 15) is 0 Å². The summed E-state index contributed by atoms with van der Waals surface area (Å²) < 4.78 is 6.14. The van der Waals surface area contributed by atoms with Gasteiger partial charge in [-0.25, -0.2) is 0 Å². The average molecular weight is 272 g/mol. The summed E-state index contributed by atoms with van der Waals surface area (Å²) >= 11 is 0. The Balaban J connectivity index is 2.11. The first-order valence-corrected chi connectivity index (χ1v) is 7.15. The van der Waals surface area contributed by atoms with Crippen LogP contribution in [0.25, 0.3) is 0 Å². The maximum atomic E-state index is 8.82. The van der Waals surface area contributed by atoms with E-state index < -0.39 is 0 Å². The lowest BCUT2D eigenvalue weighted by molar-refractivity contribution is -0.0556. The van der Waals surface area contributed by atoms with Gasteiger partial charge in [0.25, 0.3) is 0 Å². The molecule has 1 aliphatic rings. The van der Waals surface area contributed by atoms with E-state index in [2.05, 4.69) is 45.7 Å². The van der Waals surface area contributed by atoms with Crippen LogP contribution in [0.15, 0.2) is 24.3 Å². The van der Waals surface area contributed by atoms with Crippen molar-refractivity contribution in [1.82, 2.24) is 4.90 Å². The summed E-state index contributed by atoms with van der Waals surface area (Å²) in [5.74, 6) is 0.852. The molecule has 20 heavy (non-hydrogen) atoms. The smallest absolute Gasteiger partial charge is 0.119 e. The molecule has 0 saturated carbocycles. The minimum absolute atomic E-state index is 0.124. The van der Waals surface area contributed by atoms with Crippen LogP contribution in [0.1, 0.15) is 46.1 Å². The van der Waals surface area contributed by atoms with Crippen LogP contribution in [0.5, 0.6) is 5.75 Å². The van der Waals surface area contributed by atoms with Crippen LogP contribution in [-0.4, -0.2) is 29.1 Å². The molecule has 0 atom stereocenters. The minimum atomic E-state index is 0.124. The van der Waals surface area contributed by atoms with E-state index >= 15 is 0 Å². The van der Waals surface area contributed by atoms with Crippen LogP contribution in [0, 0.1) is 11.3 Å². The highest BCUT2D eigenvalue weighted by atomic mass is 16.5. The highest BCUT2D eigenvalue weighted by Crippen LogP contribution is 2.38. The van der Waals surface area contributed by atoms with Crippen molar-refractivity contribution in [2.24, 2.45) is 0 Å². The molecule has 0 amide bonds. The van der Waals surface area contributed by atoms with E-state index in [0.717, 1.165) is 18.6 Å². The zero-order valence-electron chi connectivity index (χ0n) is 13.1. The van der Waals surface area contributed by atoms with Gasteiger partial charge in [-0.05, 0) is 59.0 Å². The molecule has 0 aromatic heterocycles. The van der Waals surface area contributed by atoms with Crippen molar-refractivity contribution in [2.45, 2.75) is 57.7 Å². The molecule has 0 aliphatic carbocycles. The fraction of sp³-hybridized carbons (Fsp3) is 0.588. The summed E-state index contributed by atoms with van der Waals surface area (Å²) in [7, 11) is 2.19. The molecule has 1 aliphatic heterocycles. The summed E-state index contributed by atoms with van der Waals surface area (Å²) in [4.78, 5) is 2.44. The van der Waals surface area contributed by atoms with Gasteiger partial charge in [0.15, 0.2) is 0 Å². The monoisotopic (exact) mass is 272 g/mol. The lowest BCUT2D eigenvalue weighted by atomic mass is 9.79. The van der Waals surface area contributed by atoms with Gasteiger partial charge in [0, 0.05) is 23.9 Å². The molecule has 3 nitrogen and oxygen atoms in total. The van der Waals surface area contributed by atoms with Crippen molar-refractivity contribution in [3.05, 3.63) is 29.8 Å². The number of nitriles is 1. The van der Waals surface area contributed by atoms with Crippen molar-refractivity contribution >= 4 is 0 Å². The van der Waals surface area contributed by atoms with Gasteiger partial charge in [-0.2, -0.15) is 5.26 Å². The van der Waals surface area contributed by atoms with E-state index in [1.807, 2.05) is 12.1 Å². The molecule has 1 heterocycles. The minimum Gasteiger partial charge on any atom is -0.490 e. The molecule has 0 radical (unpaired) electrons. The van der Waals surface area contributed by atoms with Crippen molar-refractivity contribution in [3.8, 4) is 11.8 Å². The second-order valence-electron chi connectivity index (χ2n) is 6.97. The quantitative estimate of drug-likeness (QED) is 0.825. The summed E-state index contributed by atoms with van der Waals surface area (Å²) in [6.45, 7) is 9.07. The van der Waals surface area contributed by atoms with Crippen molar-refractivity contribution < 1.29 is 4.74 Å². The number of piperidine rings is 1. The van der Waals surface area contributed by atoms with Gasteiger partial charge in [-0.15, -0.1) is 0 Å². The fourth-order valence-electron chi connectivity index (χ4n) is 3.16. The van der Waals surface area contributed by atoms with Gasteiger partial charge >= 0.3 is 0 Å². The molecular formula is C17H24N2O. The van der Waals surface area contributed by atoms with Crippen molar-refractivity contribution in [3.63, 3.8) is 0 Å². The van der Waals surface area contributed by atoms with Crippen LogP contribution >= 0.6 is 0 Å². The predicted molar refractivity (Wildman–Crippen MR) is 80.7 cm³/mol. The Morgan fingerprint density at radius 3 is 2.05 bits per heavy atom. The third kappa shape index (κ3) is 2.96. The van der Waals surface area contributed by atoms with E-state index in [4.69, 9.17) is 10.00 Å². The second-order valence-corrected chi connectivity index (χ2v) is 6.97. The molecule has 1 fully saturated rings. The SMILES string of the molecule is CN1C(C)(C)CC(Oc2ccc(C#N)cc2)CC1(C)C. The summed E-state index contributed by atoms with van der Waals surface area (Å²) in [6.07, 6.45) is 2.23. The highest BCUT2D eigenvalue weighted by molar-refractivity contribution is 5.34. The van der Waals surface area contributed by atoms with Crippen molar-refractivity contribution in [2.75, 3.05) is 7.05 Å². The first kappa shape index (κ1) is 14.9. The van der Waals surface area contributed by atoms with Crippen LogP contribution in [0.4, 0.5) is 0 Å². The predicted octanol–water partition coefficient (Wildman–Crippen LogP) is 3.59. The Morgan fingerprint density at radius 2 is 1.60 bits per heavy atom. The van der Waals surface area contributed by atoms with Gasteiger partial charge in [0.1, 0.15) is 11.9 Å². The third-order valence-corrected chi connectivity index (χ3v) is 4.56. The molecule has 2 rings (SSSR count). The van der Waals surface area contributed by atoms with Gasteiger partial charge in [0.2, 0.25) is 0 Å². The lowest BCUT2D eigenvalue weighted by Crippen LogP contribution is -2.60. The van der Waals surface area contributed by atoms with E-state index in [1.165, 1.54) is 0 Å². The summed E-state index contributed by atoms with van der Waals surface area (Å²) in [5, 5.41) is 8.82. The summed E-state index contributed by atoms with van der Waals surface area (Å²) in [5.41, 5.74) is 0.916. The Hall–Kier alpha value is -1.53.